The smallest absolute Gasteiger partial charge is 0.452 e. The highest BCUT2D eigenvalue weighted by Crippen LogP contribution is 2.66. The van der Waals surface area contributed by atoms with Gasteiger partial charge in [-0.05, 0) is 43.4 Å². The predicted octanol–water partition coefficient (Wildman–Crippen LogP) is 1.13. The lowest BCUT2D eigenvalue weighted by molar-refractivity contribution is -0.155. The van der Waals surface area contributed by atoms with E-state index in [9.17, 15) is 37.5 Å². The molecule has 4 fully saturated rings. The first kappa shape index (κ1) is 22.9. The molecule has 1 saturated heterocycles. The second kappa shape index (κ2) is 8.23. The van der Waals surface area contributed by atoms with Gasteiger partial charge in [-0.2, -0.15) is 13.2 Å². The Kier molecular flexibility index (Phi) is 5.70. The number of aromatic nitrogens is 1. The van der Waals surface area contributed by atoms with Crippen LogP contribution >= 0.6 is 0 Å². The van der Waals surface area contributed by atoms with E-state index in [2.05, 4.69) is 25.7 Å². The fourth-order valence-electron chi connectivity index (χ4n) is 4.72. The molecule has 0 radical (unpaired) electrons. The molecule has 1 aliphatic heterocycles. The van der Waals surface area contributed by atoms with Gasteiger partial charge in [0.05, 0.1) is 12.5 Å². The highest BCUT2D eigenvalue weighted by molar-refractivity contribution is 5.96. The number of carbonyl (C=O) groups excluding carboxylic acids is 3. The van der Waals surface area contributed by atoms with E-state index in [0.717, 1.165) is 19.3 Å². The van der Waals surface area contributed by atoms with E-state index in [0.29, 0.717) is 30.0 Å². The Labute approximate surface area is 185 Å². The Hall–Kier alpha value is -3.32. The van der Waals surface area contributed by atoms with Crippen LogP contribution in [0.1, 0.15) is 48.4 Å². The lowest BCUT2D eigenvalue weighted by atomic mass is 9.43. The number of alkyl halides is 3. The van der Waals surface area contributed by atoms with E-state index < -0.39 is 47.5 Å². The summed E-state index contributed by atoms with van der Waals surface area (Å²) < 4.78 is 42.3. The average Bonchev–Trinajstić information content (AvgIpc) is 3.31. The largest absolute Gasteiger partial charge is 0.464 e. The van der Waals surface area contributed by atoms with Gasteiger partial charge in [-0.25, -0.2) is 9.80 Å². The molecule has 14 heteroatoms. The zero-order chi connectivity index (χ0) is 24.0. The molecule has 0 spiro atoms. The fourth-order valence-corrected chi connectivity index (χ4v) is 4.72. The van der Waals surface area contributed by atoms with Crippen molar-refractivity contribution in [2.75, 3.05) is 13.1 Å². The van der Waals surface area contributed by atoms with Gasteiger partial charge in [0.25, 0.3) is 11.8 Å². The summed E-state index contributed by atoms with van der Waals surface area (Å²) in [5.74, 6) is -3.78. The molecule has 0 aromatic carbocycles. The minimum atomic E-state index is -4.83. The number of nitrogens with one attached hydrogen (secondary N) is 3. The van der Waals surface area contributed by atoms with E-state index in [1.165, 1.54) is 0 Å². The highest BCUT2D eigenvalue weighted by Gasteiger charge is 2.57. The van der Waals surface area contributed by atoms with Crippen molar-refractivity contribution in [3.8, 4) is 0 Å². The molecule has 4 N–H and O–H groups in total. The summed E-state index contributed by atoms with van der Waals surface area (Å²) >= 11 is 0. The number of rotatable bonds is 7. The zero-order valence-electron chi connectivity index (χ0n) is 17.3. The van der Waals surface area contributed by atoms with Gasteiger partial charge < -0.3 is 20.3 Å². The summed E-state index contributed by atoms with van der Waals surface area (Å²) in [6.07, 6.45) is -3.15. The van der Waals surface area contributed by atoms with Crippen molar-refractivity contribution in [2.24, 2.45) is 17.3 Å². The molecule has 5 rings (SSSR count). The van der Waals surface area contributed by atoms with Gasteiger partial charge in [-0.3, -0.25) is 19.8 Å². The molecule has 1 aromatic rings. The summed E-state index contributed by atoms with van der Waals surface area (Å²) in [7, 11) is 0. The Morgan fingerprint density at radius 3 is 2.52 bits per heavy atom. The maximum atomic E-state index is 12.9. The van der Waals surface area contributed by atoms with Crippen LogP contribution < -0.4 is 16.1 Å². The molecule has 3 saturated carbocycles. The van der Waals surface area contributed by atoms with Gasteiger partial charge in [-0.15, -0.1) is 0 Å². The van der Waals surface area contributed by atoms with Crippen molar-refractivity contribution in [2.45, 2.75) is 44.3 Å². The fraction of sp³-hybridized carbons (Fsp3) is 0.632. The third-order valence-corrected chi connectivity index (χ3v) is 6.49. The molecule has 1 aromatic heterocycles. The van der Waals surface area contributed by atoms with Crippen LogP contribution in [0.15, 0.2) is 10.6 Å². The van der Waals surface area contributed by atoms with E-state index in [1.54, 1.807) is 0 Å². The number of nitrogens with zero attached hydrogens (tertiary/aromatic N) is 2. The van der Waals surface area contributed by atoms with Crippen LogP contribution in [0.2, 0.25) is 0 Å². The number of amides is 4. The van der Waals surface area contributed by atoms with Gasteiger partial charge in [0.15, 0.2) is 5.69 Å². The number of hydrazine groups is 1. The molecule has 3 aliphatic carbocycles. The third-order valence-electron chi connectivity index (χ3n) is 6.49. The quantitative estimate of drug-likeness (QED) is 0.433. The molecular weight excluding hydrogens is 451 g/mol. The monoisotopic (exact) mass is 473 g/mol. The van der Waals surface area contributed by atoms with Crippen molar-refractivity contribution >= 4 is 23.8 Å². The standard InChI is InChI=1S/C19H22F3N5O6/c20-19(21,22)13-3-11(26-33-13)15(29)24-12(7-18-4-9(5-18)6-18)16(30)25-27(17(31)32)8-10-1-2-23-14(10)28/h3,9-10,12H,1-2,4-8H2,(H,23,28)(H,24,29)(H,25,30)(H,31,32)/t9?,10-,12-,18?/m0/s1. The maximum Gasteiger partial charge on any atom is 0.452 e. The minimum absolute atomic E-state index is 0.166. The Morgan fingerprint density at radius 1 is 1.33 bits per heavy atom. The summed E-state index contributed by atoms with van der Waals surface area (Å²) in [6.45, 7) is 0.115. The lowest BCUT2D eigenvalue weighted by Crippen LogP contribution is -2.60. The minimum Gasteiger partial charge on any atom is -0.464 e. The lowest BCUT2D eigenvalue weighted by Gasteiger charge is -2.63. The number of hydrogen-bond donors (Lipinski definition) is 4. The third kappa shape index (κ3) is 4.73. The maximum absolute atomic E-state index is 12.9. The number of carboxylic acid groups (broad SMARTS) is 1. The van der Waals surface area contributed by atoms with Gasteiger partial charge in [0.1, 0.15) is 6.04 Å². The van der Waals surface area contributed by atoms with Crippen molar-refractivity contribution in [1.29, 1.82) is 0 Å². The molecule has 4 amide bonds. The van der Waals surface area contributed by atoms with E-state index in [1.807, 2.05) is 0 Å². The Morgan fingerprint density at radius 2 is 2.03 bits per heavy atom. The van der Waals surface area contributed by atoms with Crippen LogP contribution in [0, 0.1) is 17.3 Å². The SMILES string of the molecule is O=C(N[C@@H](CC12CC(C1)C2)C(=O)NN(C[C@@H]1CCNC1=O)C(=O)O)c1cc(C(F)(F)F)on1. The van der Waals surface area contributed by atoms with Crippen molar-refractivity contribution in [3.05, 3.63) is 17.5 Å². The predicted molar refractivity (Wildman–Crippen MR) is 101 cm³/mol. The molecule has 2 heterocycles. The van der Waals surface area contributed by atoms with Gasteiger partial charge in [-0.1, -0.05) is 5.16 Å². The van der Waals surface area contributed by atoms with E-state index in [-0.39, 0.29) is 24.3 Å². The molecule has 4 aliphatic rings. The first-order valence-electron chi connectivity index (χ1n) is 10.4. The van der Waals surface area contributed by atoms with Crippen LogP contribution in [-0.2, 0) is 15.8 Å². The summed E-state index contributed by atoms with van der Waals surface area (Å²) in [4.78, 5) is 48.8. The first-order valence-corrected chi connectivity index (χ1v) is 10.4. The average molecular weight is 473 g/mol. The van der Waals surface area contributed by atoms with Crippen LogP contribution in [0.4, 0.5) is 18.0 Å². The second-order valence-electron chi connectivity index (χ2n) is 8.93. The Bertz CT molecular complexity index is 962. The normalized spacial score (nSPS) is 26.5. The summed E-state index contributed by atoms with van der Waals surface area (Å²) in [5, 5.41) is 18.1. The number of hydrogen-bond acceptors (Lipinski definition) is 6. The zero-order valence-corrected chi connectivity index (χ0v) is 17.3. The number of halogens is 3. The number of carbonyl (C=O) groups is 4. The van der Waals surface area contributed by atoms with Crippen LogP contribution in [0.25, 0.3) is 0 Å². The molecule has 180 valence electrons. The highest BCUT2D eigenvalue weighted by atomic mass is 19.4. The van der Waals surface area contributed by atoms with Crippen LogP contribution in [0.5, 0.6) is 0 Å². The first-order chi connectivity index (χ1) is 15.5. The molecule has 11 nitrogen and oxygen atoms in total. The van der Waals surface area contributed by atoms with Crippen molar-refractivity contribution in [3.63, 3.8) is 0 Å². The topological polar surface area (TPSA) is 154 Å². The van der Waals surface area contributed by atoms with Crippen molar-refractivity contribution < 1.29 is 42.0 Å². The second-order valence-corrected chi connectivity index (χ2v) is 8.93. The van der Waals surface area contributed by atoms with E-state index in [4.69, 9.17) is 0 Å². The molecule has 0 unspecified atom stereocenters. The van der Waals surface area contributed by atoms with Crippen LogP contribution in [0.3, 0.4) is 0 Å². The molecule has 2 bridgehead atoms. The van der Waals surface area contributed by atoms with Crippen molar-refractivity contribution in [1.82, 2.24) is 26.2 Å². The summed E-state index contributed by atoms with van der Waals surface area (Å²) in [6, 6.07) is -0.794. The summed E-state index contributed by atoms with van der Waals surface area (Å²) in [5.41, 5.74) is 1.39. The Balaban J connectivity index is 1.45. The van der Waals surface area contributed by atoms with Gasteiger partial charge in [0.2, 0.25) is 11.7 Å². The molecule has 2 atom stereocenters. The molecule has 33 heavy (non-hydrogen) atoms. The van der Waals surface area contributed by atoms with E-state index >= 15 is 0 Å². The molecular formula is C19H22F3N5O6. The van der Waals surface area contributed by atoms with Crippen LogP contribution in [-0.4, -0.2) is 58.2 Å². The van der Waals surface area contributed by atoms with Gasteiger partial charge >= 0.3 is 12.3 Å². The van der Waals surface area contributed by atoms with Gasteiger partial charge in [0, 0.05) is 12.6 Å².